The number of halogens is 1. The number of rotatable bonds is 3. The highest BCUT2D eigenvalue weighted by Crippen LogP contribution is 2.07. The smallest absolute Gasteiger partial charge is 0.182 e. The summed E-state index contributed by atoms with van der Waals surface area (Å²) in [5, 5.41) is 11.9. The van der Waals surface area contributed by atoms with Gasteiger partial charge in [0.25, 0.3) is 0 Å². The molecule has 0 aliphatic carbocycles. The lowest BCUT2D eigenvalue weighted by Crippen LogP contribution is -2.05. The first-order chi connectivity index (χ1) is 6.24. The Balaban J connectivity index is 2.77. The van der Waals surface area contributed by atoms with Gasteiger partial charge in [-0.15, -0.1) is 0 Å². The summed E-state index contributed by atoms with van der Waals surface area (Å²) >= 11 is 5.54. The van der Waals surface area contributed by atoms with Gasteiger partial charge in [0.2, 0.25) is 0 Å². The molecule has 1 N–H and O–H groups in total. The highest BCUT2D eigenvalue weighted by molar-refractivity contribution is 6.29. The van der Waals surface area contributed by atoms with E-state index >= 15 is 0 Å². The summed E-state index contributed by atoms with van der Waals surface area (Å²) in [5.74, 6) is 0.423. The normalized spacial score (nSPS) is 8.92. The van der Waals surface area contributed by atoms with E-state index < -0.39 is 0 Å². The average molecular weight is 195 g/mol. The minimum absolute atomic E-state index is 0.250. The van der Waals surface area contributed by atoms with Gasteiger partial charge in [-0.3, -0.25) is 0 Å². The average Bonchev–Trinajstić information content (AvgIpc) is 2.15. The zero-order valence-corrected chi connectivity index (χ0v) is 7.54. The summed E-state index contributed by atoms with van der Waals surface area (Å²) < 4.78 is 0. The van der Waals surface area contributed by atoms with Gasteiger partial charge >= 0.3 is 0 Å². The van der Waals surface area contributed by atoms with Crippen molar-refractivity contribution >= 4 is 17.4 Å². The minimum atomic E-state index is 0.250. The first-order valence-electron chi connectivity index (χ1n) is 3.52. The lowest BCUT2D eigenvalue weighted by Gasteiger charge is -2.03. The molecule has 0 unspecified atom stereocenters. The lowest BCUT2D eigenvalue weighted by atomic mass is 10.4. The molecule has 0 radical (unpaired) electrons. The van der Waals surface area contributed by atoms with Gasteiger partial charge in [-0.2, -0.15) is 5.26 Å². The van der Waals surface area contributed by atoms with Crippen LogP contribution >= 0.6 is 11.6 Å². The Bertz CT molecular complexity index is 355. The van der Waals surface area contributed by atoms with Crippen molar-refractivity contribution in [3.8, 4) is 6.07 Å². The predicted octanol–water partition coefficient (Wildman–Crippen LogP) is 1.51. The van der Waals surface area contributed by atoms with Crippen LogP contribution in [0.15, 0.2) is 24.0 Å². The molecule has 0 bridgehead atoms. The van der Waals surface area contributed by atoms with Crippen LogP contribution in [-0.4, -0.2) is 16.5 Å². The van der Waals surface area contributed by atoms with E-state index in [0.717, 1.165) is 0 Å². The van der Waals surface area contributed by atoms with Gasteiger partial charge in [0.05, 0.1) is 6.54 Å². The van der Waals surface area contributed by atoms with E-state index in [1.165, 1.54) is 12.4 Å². The Labute approximate surface area is 80.9 Å². The molecule has 0 spiro atoms. The van der Waals surface area contributed by atoms with Crippen LogP contribution in [-0.2, 0) is 0 Å². The predicted molar refractivity (Wildman–Crippen MR) is 50.2 cm³/mol. The summed E-state index contributed by atoms with van der Waals surface area (Å²) in [7, 11) is 0. The van der Waals surface area contributed by atoms with Crippen molar-refractivity contribution in [2.24, 2.45) is 0 Å². The van der Waals surface area contributed by atoms with Crippen molar-refractivity contribution in [1.82, 2.24) is 9.97 Å². The number of nitrogens with one attached hydrogen (secondary N) is 1. The zero-order chi connectivity index (χ0) is 9.68. The molecule has 0 aromatic carbocycles. The van der Waals surface area contributed by atoms with Gasteiger partial charge in [0, 0.05) is 17.4 Å². The minimum Gasteiger partial charge on any atom is -0.363 e. The molecule has 0 fully saturated rings. The fourth-order valence-electron chi connectivity index (χ4n) is 0.729. The topological polar surface area (TPSA) is 61.6 Å². The number of hydrogen-bond acceptors (Lipinski definition) is 4. The molecule has 0 atom stereocenters. The Hall–Kier alpha value is -1.60. The second-order valence-electron chi connectivity index (χ2n) is 2.24. The summed E-state index contributed by atoms with van der Waals surface area (Å²) in [6.45, 7) is 3.87. The van der Waals surface area contributed by atoms with Gasteiger partial charge in [-0.25, -0.2) is 9.97 Å². The van der Waals surface area contributed by atoms with Gasteiger partial charge in [0.15, 0.2) is 11.5 Å². The third-order valence-corrected chi connectivity index (χ3v) is 1.39. The SMILES string of the molecule is C=C(Cl)CNc1nccnc1C#N. The molecule has 4 nitrogen and oxygen atoms in total. The molecule has 1 aromatic rings. The van der Waals surface area contributed by atoms with Crippen molar-refractivity contribution < 1.29 is 0 Å². The molecule has 0 amide bonds. The molecule has 1 rings (SSSR count). The van der Waals surface area contributed by atoms with Crippen LogP contribution in [0.5, 0.6) is 0 Å². The number of nitriles is 1. The van der Waals surface area contributed by atoms with Crippen LogP contribution in [0.25, 0.3) is 0 Å². The molecule has 0 aliphatic rings. The second-order valence-corrected chi connectivity index (χ2v) is 2.77. The fourth-order valence-corrected chi connectivity index (χ4v) is 0.796. The summed E-state index contributed by atoms with van der Waals surface area (Å²) in [6.07, 6.45) is 2.96. The maximum absolute atomic E-state index is 8.64. The number of anilines is 1. The van der Waals surface area contributed by atoms with Crippen LogP contribution in [0.3, 0.4) is 0 Å². The first kappa shape index (κ1) is 9.49. The number of hydrogen-bond donors (Lipinski definition) is 1. The summed E-state index contributed by atoms with van der Waals surface area (Å²) in [5.41, 5.74) is 0.250. The van der Waals surface area contributed by atoms with Crippen LogP contribution in [0.1, 0.15) is 5.69 Å². The van der Waals surface area contributed by atoms with Crippen LogP contribution in [0.2, 0.25) is 0 Å². The number of nitrogens with zero attached hydrogens (tertiary/aromatic N) is 3. The lowest BCUT2D eigenvalue weighted by molar-refractivity contribution is 1.13. The van der Waals surface area contributed by atoms with Gasteiger partial charge in [-0.05, 0) is 0 Å². The molecule has 0 aliphatic heterocycles. The largest absolute Gasteiger partial charge is 0.363 e. The molecule has 0 saturated carbocycles. The highest BCUT2D eigenvalue weighted by atomic mass is 35.5. The molecule has 1 aromatic heterocycles. The van der Waals surface area contributed by atoms with E-state index in [1.807, 2.05) is 6.07 Å². The molecule has 0 saturated heterocycles. The second kappa shape index (κ2) is 4.43. The van der Waals surface area contributed by atoms with Crippen molar-refractivity contribution in [1.29, 1.82) is 5.26 Å². The van der Waals surface area contributed by atoms with Gasteiger partial charge < -0.3 is 5.32 Å². The third kappa shape index (κ3) is 2.73. The van der Waals surface area contributed by atoms with E-state index in [0.29, 0.717) is 17.4 Å². The van der Waals surface area contributed by atoms with E-state index in [4.69, 9.17) is 16.9 Å². The van der Waals surface area contributed by atoms with Gasteiger partial charge in [-0.1, -0.05) is 18.2 Å². The maximum atomic E-state index is 8.64. The van der Waals surface area contributed by atoms with Crippen molar-refractivity contribution in [3.05, 3.63) is 29.7 Å². The fraction of sp³-hybridized carbons (Fsp3) is 0.125. The van der Waals surface area contributed by atoms with E-state index in [2.05, 4.69) is 21.9 Å². The molecule has 66 valence electrons. The summed E-state index contributed by atoms with van der Waals surface area (Å²) in [4.78, 5) is 7.74. The Morgan fingerprint density at radius 2 is 2.31 bits per heavy atom. The molecular formula is C8H7ClN4. The van der Waals surface area contributed by atoms with Crippen LogP contribution < -0.4 is 5.32 Å². The summed E-state index contributed by atoms with van der Waals surface area (Å²) in [6, 6.07) is 1.91. The van der Waals surface area contributed by atoms with Crippen molar-refractivity contribution in [2.45, 2.75) is 0 Å². The van der Waals surface area contributed by atoms with Crippen LogP contribution in [0, 0.1) is 11.3 Å². The highest BCUT2D eigenvalue weighted by Gasteiger charge is 2.02. The van der Waals surface area contributed by atoms with E-state index in [-0.39, 0.29) is 5.69 Å². The molecule has 5 heteroatoms. The van der Waals surface area contributed by atoms with Gasteiger partial charge in [0.1, 0.15) is 6.07 Å². The quantitative estimate of drug-likeness (QED) is 0.793. The van der Waals surface area contributed by atoms with Crippen molar-refractivity contribution in [3.63, 3.8) is 0 Å². The van der Waals surface area contributed by atoms with E-state index in [1.54, 1.807) is 0 Å². The molecule has 1 heterocycles. The molecule has 13 heavy (non-hydrogen) atoms. The zero-order valence-electron chi connectivity index (χ0n) is 6.79. The first-order valence-corrected chi connectivity index (χ1v) is 3.90. The Morgan fingerprint density at radius 1 is 1.62 bits per heavy atom. The maximum Gasteiger partial charge on any atom is 0.182 e. The van der Waals surface area contributed by atoms with Crippen LogP contribution in [0.4, 0.5) is 5.82 Å². The third-order valence-electron chi connectivity index (χ3n) is 1.25. The Kier molecular flexibility index (Phi) is 3.23. The van der Waals surface area contributed by atoms with Crippen molar-refractivity contribution in [2.75, 3.05) is 11.9 Å². The Morgan fingerprint density at radius 3 is 2.92 bits per heavy atom. The monoisotopic (exact) mass is 194 g/mol. The standard InChI is InChI=1S/C8H7ClN4/c1-6(9)5-13-8-7(4-10)11-2-3-12-8/h2-3H,1,5H2,(H,12,13). The molecular weight excluding hydrogens is 188 g/mol. The number of aromatic nitrogens is 2. The van der Waals surface area contributed by atoms with E-state index in [9.17, 15) is 0 Å².